The maximum atomic E-state index is 11.4. The predicted molar refractivity (Wildman–Crippen MR) is 54.2 cm³/mol. The summed E-state index contributed by atoms with van der Waals surface area (Å²) in [7, 11) is 1.71. The molecule has 0 saturated heterocycles. The molecule has 0 atom stereocenters. The van der Waals surface area contributed by atoms with Gasteiger partial charge in [0, 0.05) is 13.1 Å². The molecule has 1 amide bonds. The number of rotatable bonds is 2. The number of hydrogen-bond donors (Lipinski definition) is 0. The highest BCUT2D eigenvalue weighted by atomic mass is 16.6. The number of hydrogen-bond acceptors (Lipinski definition) is 2. The summed E-state index contributed by atoms with van der Waals surface area (Å²) in [5.41, 5.74) is 0. The zero-order valence-electron chi connectivity index (χ0n) is 8.65. The summed E-state index contributed by atoms with van der Waals surface area (Å²) in [6.45, 7) is 3.86. The van der Waals surface area contributed by atoms with Gasteiger partial charge in [0.25, 0.3) is 0 Å². The van der Waals surface area contributed by atoms with Crippen LogP contribution in [0.2, 0.25) is 0 Å². The van der Waals surface area contributed by atoms with Gasteiger partial charge in [-0.15, -0.1) is 0 Å². The number of carbonyl (C=O) groups excluding carboxylic acids is 1. The Bertz CT molecular complexity index is 295. The molecule has 0 aliphatic heterocycles. The molecule has 14 heavy (non-hydrogen) atoms. The lowest BCUT2D eigenvalue weighted by Gasteiger charge is -2.20. The van der Waals surface area contributed by atoms with Crippen LogP contribution in [0.3, 0.4) is 0 Å². The van der Waals surface area contributed by atoms with E-state index in [0.29, 0.717) is 5.75 Å². The van der Waals surface area contributed by atoms with Crippen molar-refractivity contribution in [2.24, 2.45) is 0 Å². The van der Waals surface area contributed by atoms with Crippen molar-refractivity contribution in [2.45, 2.75) is 19.9 Å². The van der Waals surface area contributed by atoms with Crippen LogP contribution in [-0.2, 0) is 0 Å². The van der Waals surface area contributed by atoms with Crippen LogP contribution in [0.15, 0.2) is 24.3 Å². The predicted octanol–water partition coefficient (Wildman–Crippen LogP) is 2.33. The third-order valence-corrected chi connectivity index (χ3v) is 1.96. The van der Waals surface area contributed by atoms with E-state index in [0.717, 1.165) is 0 Å². The molecule has 0 bridgehead atoms. The van der Waals surface area contributed by atoms with E-state index in [9.17, 15) is 4.79 Å². The third kappa shape index (κ3) is 2.76. The molecule has 75 valence electrons. The van der Waals surface area contributed by atoms with E-state index in [-0.39, 0.29) is 12.1 Å². The Kier molecular flexibility index (Phi) is 3.51. The Hall–Kier alpha value is -1.51. The first-order valence-electron chi connectivity index (χ1n) is 4.52. The fraction of sp³-hybridized carbons (Fsp3) is 0.364. The maximum absolute atomic E-state index is 11.4. The van der Waals surface area contributed by atoms with E-state index >= 15 is 0 Å². The molecule has 3 heteroatoms. The molecule has 0 fully saturated rings. The zero-order chi connectivity index (χ0) is 10.6. The Morgan fingerprint density at radius 2 is 2.00 bits per heavy atom. The molecule has 0 aliphatic carbocycles. The zero-order valence-corrected chi connectivity index (χ0v) is 8.65. The number of benzene rings is 1. The van der Waals surface area contributed by atoms with Crippen molar-refractivity contribution >= 4 is 6.09 Å². The summed E-state index contributed by atoms with van der Waals surface area (Å²) in [6.07, 6.45) is -0.341. The van der Waals surface area contributed by atoms with Crippen molar-refractivity contribution < 1.29 is 9.53 Å². The Labute approximate surface area is 84.3 Å². The van der Waals surface area contributed by atoms with Gasteiger partial charge >= 0.3 is 6.09 Å². The summed E-state index contributed by atoms with van der Waals surface area (Å²) in [5.74, 6) is 0.543. The number of ether oxygens (including phenoxy) is 1. The smallest absolute Gasteiger partial charge is 0.410 e. The highest BCUT2D eigenvalue weighted by molar-refractivity contribution is 5.70. The van der Waals surface area contributed by atoms with Crippen LogP contribution in [0.25, 0.3) is 0 Å². The van der Waals surface area contributed by atoms with Crippen molar-refractivity contribution in [1.82, 2.24) is 4.90 Å². The molecule has 0 aliphatic rings. The lowest BCUT2D eigenvalue weighted by molar-refractivity contribution is 0.152. The summed E-state index contributed by atoms with van der Waals surface area (Å²) < 4.78 is 5.10. The van der Waals surface area contributed by atoms with E-state index in [2.05, 4.69) is 6.07 Å². The van der Waals surface area contributed by atoms with Gasteiger partial charge in [0.2, 0.25) is 0 Å². The average Bonchev–Trinajstić information content (AvgIpc) is 2.18. The molecule has 1 rings (SSSR count). The molecule has 0 N–H and O–H groups in total. The summed E-state index contributed by atoms with van der Waals surface area (Å²) in [4.78, 5) is 13.0. The van der Waals surface area contributed by atoms with Gasteiger partial charge in [0.1, 0.15) is 5.75 Å². The summed E-state index contributed by atoms with van der Waals surface area (Å²) >= 11 is 0. The van der Waals surface area contributed by atoms with Crippen LogP contribution < -0.4 is 4.74 Å². The molecule has 0 heterocycles. The molecule has 1 aromatic carbocycles. The van der Waals surface area contributed by atoms with E-state index in [1.807, 2.05) is 13.8 Å². The number of nitrogens with zero attached hydrogens (tertiary/aromatic N) is 1. The quantitative estimate of drug-likeness (QED) is 0.719. The van der Waals surface area contributed by atoms with Gasteiger partial charge in [0.05, 0.1) is 0 Å². The standard InChI is InChI=1S/C11H14NO2/c1-9(2)12(3)11(13)14-10-7-5-4-6-8-10/h5-9H,1-3H3. The van der Waals surface area contributed by atoms with Gasteiger partial charge in [-0.1, -0.05) is 12.1 Å². The minimum atomic E-state index is -0.341. The lowest BCUT2D eigenvalue weighted by atomic mass is 10.3. The molecular weight excluding hydrogens is 178 g/mol. The second-order valence-electron chi connectivity index (χ2n) is 3.31. The van der Waals surface area contributed by atoms with Crippen molar-refractivity contribution in [2.75, 3.05) is 7.05 Å². The van der Waals surface area contributed by atoms with Crippen LogP contribution in [0.1, 0.15) is 13.8 Å². The second-order valence-corrected chi connectivity index (χ2v) is 3.31. The fourth-order valence-electron chi connectivity index (χ4n) is 0.823. The monoisotopic (exact) mass is 192 g/mol. The van der Waals surface area contributed by atoms with Crippen molar-refractivity contribution in [3.8, 4) is 5.75 Å². The minimum Gasteiger partial charge on any atom is -0.410 e. The molecule has 0 spiro atoms. The molecule has 0 unspecified atom stereocenters. The number of carbonyl (C=O) groups is 1. The van der Waals surface area contributed by atoms with E-state index in [1.54, 1.807) is 31.3 Å². The second kappa shape index (κ2) is 4.65. The molecule has 1 aromatic rings. The van der Waals surface area contributed by atoms with Gasteiger partial charge < -0.3 is 9.64 Å². The van der Waals surface area contributed by atoms with Crippen LogP contribution in [-0.4, -0.2) is 24.1 Å². The SMILES string of the molecule is CC(C)N(C)C(=O)Oc1cc[c]cc1. The first kappa shape index (κ1) is 10.6. The van der Waals surface area contributed by atoms with Gasteiger partial charge in [-0.3, -0.25) is 0 Å². The van der Waals surface area contributed by atoms with Crippen molar-refractivity contribution in [3.63, 3.8) is 0 Å². The first-order chi connectivity index (χ1) is 6.61. The van der Waals surface area contributed by atoms with Crippen LogP contribution >= 0.6 is 0 Å². The largest absolute Gasteiger partial charge is 0.415 e. The van der Waals surface area contributed by atoms with Gasteiger partial charge in [0.15, 0.2) is 0 Å². The lowest BCUT2D eigenvalue weighted by Crippen LogP contribution is -2.35. The Balaban J connectivity index is 2.58. The van der Waals surface area contributed by atoms with Crippen LogP contribution in [0, 0.1) is 6.07 Å². The number of amides is 1. The fourth-order valence-corrected chi connectivity index (χ4v) is 0.823. The van der Waals surface area contributed by atoms with Crippen LogP contribution in [0.5, 0.6) is 5.75 Å². The Morgan fingerprint density at radius 3 is 2.50 bits per heavy atom. The third-order valence-electron chi connectivity index (χ3n) is 1.96. The van der Waals surface area contributed by atoms with E-state index in [1.165, 1.54) is 4.90 Å². The minimum absolute atomic E-state index is 0.137. The summed E-state index contributed by atoms with van der Waals surface area (Å²) in [5, 5.41) is 0. The first-order valence-corrected chi connectivity index (χ1v) is 4.52. The maximum Gasteiger partial charge on any atom is 0.415 e. The highest BCUT2D eigenvalue weighted by Crippen LogP contribution is 2.10. The van der Waals surface area contributed by atoms with Crippen molar-refractivity contribution in [3.05, 3.63) is 30.3 Å². The average molecular weight is 192 g/mol. The van der Waals surface area contributed by atoms with Gasteiger partial charge in [-0.2, -0.15) is 0 Å². The van der Waals surface area contributed by atoms with E-state index in [4.69, 9.17) is 4.74 Å². The normalized spacial score (nSPS) is 10.0. The molecule has 3 nitrogen and oxygen atoms in total. The molecule has 1 radical (unpaired) electrons. The topological polar surface area (TPSA) is 29.5 Å². The van der Waals surface area contributed by atoms with E-state index < -0.39 is 0 Å². The van der Waals surface area contributed by atoms with Gasteiger partial charge in [-0.25, -0.2) is 4.79 Å². The molecular formula is C11H14NO2. The molecule has 0 saturated carbocycles. The van der Waals surface area contributed by atoms with Crippen molar-refractivity contribution in [1.29, 1.82) is 0 Å². The highest BCUT2D eigenvalue weighted by Gasteiger charge is 2.13. The van der Waals surface area contributed by atoms with Crippen LogP contribution in [0.4, 0.5) is 4.79 Å². The van der Waals surface area contributed by atoms with Gasteiger partial charge in [-0.05, 0) is 32.0 Å². The molecule has 0 aromatic heterocycles. The Morgan fingerprint density at radius 1 is 1.43 bits per heavy atom. The summed E-state index contributed by atoms with van der Waals surface area (Å²) in [6, 6.07) is 9.80.